The Morgan fingerprint density at radius 1 is 1.13 bits per heavy atom. The molecule has 9 heteroatoms. The van der Waals surface area contributed by atoms with Gasteiger partial charge in [0.05, 0.1) is 34.4 Å². The van der Waals surface area contributed by atoms with Crippen LogP contribution in [0.4, 0.5) is 5.13 Å². The lowest BCUT2D eigenvalue weighted by molar-refractivity contribution is -0.136. The van der Waals surface area contributed by atoms with Gasteiger partial charge in [0.2, 0.25) is 0 Å². The first-order valence-corrected chi connectivity index (χ1v) is 13.8. The number of rotatable bonds is 5. The van der Waals surface area contributed by atoms with Crippen LogP contribution >= 0.6 is 22.9 Å². The van der Waals surface area contributed by atoms with Crippen LogP contribution in [0.25, 0.3) is 32.2 Å². The van der Waals surface area contributed by atoms with Gasteiger partial charge in [-0.15, -0.1) is 0 Å². The summed E-state index contributed by atoms with van der Waals surface area (Å²) in [5, 5.41) is 16.8. The number of piperazine rings is 1. The molecule has 5 aromatic rings. The van der Waals surface area contributed by atoms with Gasteiger partial charge < -0.3 is 10.0 Å². The minimum Gasteiger partial charge on any atom is -0.481 e. The molecule has 6 rings (SSSR count). The highest BCUT2D eigenvalue weighted by Gasteiger charge is 2.29. The number of thiazole rings is 1. The third-order valence-corrected chi connectivity index (χ3v) is 8.94. The molecule has 194 valence electrons. The summed E-state index contributed by atoms with van der Waals surface area (Å²) < 4.78 is 2.91. The van der Waals surface area contributed by atoms with E-state index < -0.39 is 5.97 Å². The fraction of sp³-hybridized carbons (Fsp3) is 0.276. The van der Waals surface area contributed by atoms with Gasteiger partial charge in [0.25, 0.3) is 0 Å². The van der Waals surface area contributed by atoms with Crippen molar-refractivity contribution in [3.63, 3.8) is 0 Å². The van der Waals surface area contributed by atoms with E-state index in [9.17, 15) is 9.90 Å². The number of likely N-dealkylation sites (N-methyl/N-ethyl adjacent to an activating group) is 1. The van der Waals surface area contributed by atoms with Crippen molar-refractivity contribution in [2.45, 2.75) is 19.4 Å². The zero-order valence-electron chi connectivity index (χ0n) is 21.5. The maximum Gasteiger partial charge on any atom is 0.307 e. The molecule has 0 saturated carbocycles. The predicted octanol–water partition coefficient (Wildman–Crippen LogP) is 5.93. The minimum atomic E-state index is -0.847. The van der Waals surface area contributed by atoms with Crippen molar-refractivity contribution >= 4 is 55.2 Å². The highest BCUT2D eigenvalue weighted by Crippen LogP contribution is 2.42. The van der Waals surface area contributed by atoms with Crippen LogP contribution in [0.3, 0.4) is 0 Å². The fourth-order valence-corrected chi connectivity index (χ4v) is 6.76. The first-order valence-electron chi connectivity index (χ1n) is 12.6. The van der Waals surface area contributed by atoms with E-state index in [1.54, 1.807) is 11.3 Å². The number of aryl methyl sites for hydroxylation is 2. The number of carbonyl (C=O) groups is 1. The third-order valence-electron chi connectivity index (χ3n) is 7.53. The molecule has 0 amide bonds. The number of halogens is 1. The van der Waals surface area contributed by atoms with Gasteiger partial charge in [0, 0.05) is 42.7 Å². The van der Waals surface area contributed by atoms with Crippen LogP contribution in [-0.2, 0) is 18.3 Å². The summed E-state index contributed by atoms with van der Waals surface area (Å²) >= 11 is 7.81. The molecule has 0 spiro atoms. The lowest BCUT2D eigenvalue weighted by atomic mass is 9.93. The van der Waals surface area contributed by atoms with E-state index in [1.807, 2.05) is 55.2 Å². The molecule has 1 aliphatic rings. The van der Waals surface area contributed by atoms with Crippen LogP contribution in [0.1, 0.15) is 22.7 Å². The average molecular weight is 546 g/mol. The van der Waals surface area contributed by atoms with Gasteiger partial charge in [-0.1, -0.05) is 41.1 Å². The van der Waals surface area contributed by atoms with Gasteiger partial charge in [0.1, 0.15) is 0 Å². The Morgan fingerprint density at radius 3 is 2.68 bits per heavy atom. The number of carboxylic acids is 1. The third kappa shape index (κ3) is 4.42. The van der Waals surface area contributed by atoms with Crippen LogP contribution in [0.5, 0.6) is 0 Å². The van der Waals surface area contributed by atoms with E-state index in [2.05, 4.69) is 40.1 Å². The Morgan fingerprint density at radius 2 is 1.92 bits per heavy atom. The van der Waals surface area contributed by atoms with Crippen molar-refractivity contribution < 1.29 is 9.90 Å². The number of aromatic nitrogens is 3. The highest BCUT2D eigenvalue weighted by molar-refractivity contribution is 7.22. The lowest BCUT2D eigenvalue weighted by Crippen LogP contribution is -2.46. The molecule has 3 aromatic carbocycles. The SMILES string of the molecule is Cc1cc2nc(N3CCN(C)[C@H](c4ccc5c(cnn5C)c4)C3)sc2c(-c2ccc(Cl)cc2)c1CC(=O)O. The van der Waals surface area contributed by atoms with E-state index >= 15 is 0 Å². The Labute approximate surface area is 229 Å². The quantitative estimate of drug-likeness (QED) is 0.295. The van der Waals surface area contributed by atoms with E-state index in [4.69, 9.17) is 16.6 Å². The first kappa shape index (κ1) is 24.9. The highest BCUT2D eigenvalue weighted by atomic mass is 35.5. The van der Waals surface area contributed by atoms with E-state index in [0.29, 0.717) is 5.02 Å². The predicted molar refractivity (Wildman–Crippen MR) is 154 cm³/mol. The standard InChI is InChI=1S/C29H28ClN5O2S/c1-17-12-23-28(27(22(17)14-26(36)37)18-4-7-21(30)8-5-18)38-29(32-23)35-11-10-33(2)25(16-35)19-6-9-24-20(13-19)15-31-34(24)3/h4-9,12-13,15,25H,10-11,14,16H2,1-3H3,(H,36,37)/t25-/m0/s1. The zero-order chi connectivity index (χ0) is 26.6. The molecule has 38 heavy (non-hydrogen) atoms. The number of aliphatic carboxylic acids is 1. The van der Waals surface area contributed by atoms with Gasteiger partial charge in [-0.3, -0.25) is 14.4 Å². The van der Waals surface area contributed by atoms with Gasteiger partial charge in [-0.05, 0) is 66.6 Å². The van der Waals surface area contributed by atoms with Gasteiger partial charge >= 0.3 is 5.97 Å². The molecule has 0 aliphatic carbocycles. The van der Waals surface area contributed by atoms with Crippen LogP contribution in [0, 0.1) is 6.92 Å². The van der Waals surface area contributed by atoms with Gasteiger partial charge in [0.15, 0.2) is 5.13 Å². The van der Waals surface area contributed by atoms with E-state index in [0.717, 1.165) is 68.1 Å². The second-order valence-corrected chi connectivity index (χ2v) is 11.4. The van der Waals surface area contributed by atoms with Crippen molar-refractivity contribution in [2.75, 3.05) is 31.6 Å². The molecule has 1 aliphatic heterocycles. The molecule has 1 fully saturated rings. The second kappa shape index (κ2) is 9.69. The summed E-state index contributed by atoms with van der Waals surface area (Å²) in [5.41, 5.74) is 6.93. The summed E-state index contributed by atoms with van der Waals surface area (Å²) in [6, 6.07) is 16.5. The molecule has 3 heterocycles. The summed E-state index contributed by atoms with van der Waals surface area (Å²) in [4.78, 5) is 21.6. The Hall–Kier alpha value is -3.46. The van der Waals surface area contributed by atoms with Crippen molar-refractivity contribution in [3.8, 4) is 11.1 Å². The molecule has 7 nitrogen and oxygen atoms in total. The summed E-state index contributed by atoms with van der Waals surface area (Å²) in [7, 11) is 4.14. The lowest BCUT2D eigenvalue weighted by Gasteiger charge is -2.39. The maximum absolute atomic E-state index is 11.8. The summed E-state index contributed by atoms with van der Waals surface area (Å²) in [6.07, 6.45) is 1.88. The molecule has 0 unspecified atom stereocenters. The number of carboxylic acid groups (broad SMARTS) is 1. The number of anilines is 1. The summed E-state index contributed by atoms with van der Waals surface area (Å²) in [6.45, 7) is 4.58. The average Bonchev–Trinajstić information content (AvgIpc) is 3.48. The molecule has 2 aromatic heterocycles. The number of hydrogen-bond acceptors (Lipinski definition) is 6. The fourth-order valence-electron chi connectivity index (χ4n) is 5.46. The largest absolute Gasteiger partial charge is 0.481 e. The van der Waals surface area contributed by atoms with Gasteiger partial charge in [-0.2, -0.15) is 5.10 Å². The maximum atomic E-state index is 11.8. The second-order valence-electron chi connectivity index (χ2n) is 10.00. The van der Waals surface area contributed by atoms with Crippen LogP contribution in [0.2, 0.25) is 5.02 Å². The van der Waals surface area contributed by atoms with Crippen molar-refractivity contribution in [2.24, 2.45) is 7.05 Å². The number of hydrogen-bond donors (Lipinski definition) is 1. The monoisotopic (exact) mass is 545 g/mol. The Bertz CT molecular complexity index is 1680. The molecular weight excluding hydrogens is 518 g/mol. The smallest absolute Gasteiger partial charge is 0.307 e. The molecule has 0 bridgehead atoms. The van der Waals surface area contributed by atoms with Crippen molar-refractivity contribution in [1.82, 2.24) is 19.7 Å². The first-order chi connectivity index (χ1) is 18.3. The van der Waals surface area contributed by atoms with E-state index in [1.165, 1.54) is 5.56 Å². The molecule has 1 saturated heterocycles. The molecule has 1 N–H and O–H groups in total. The van der Waals surface area contributed by atoms with Crippen LogP contribution in [0.15, 0.2) is 54.7 Å². The summed E-state index contributed by atoms with van der Waals surface area (Å²) in [5.74, 6) is -0.847. The zero-order valence-corrected chi connectivity index (χ0v) is 23.1. The Kier molecular flexibility index (Phi) is 6.34. The van der Waals surface area contributed by atoms with E-state index in [-0.39, 0.29) is 12.5 Å². The topological polar surface area (TPSA) is 74.5 Å². The molecule has 1 atom stereocenters. The van der Waals surface area contributed by atoms with Crippen LogP contribution in [-0.4, -0.2) is 57.4 Å². The van der Waals surface area contributed by atoms with Crippen molar-refractivity contribution in [1.29, 1.82) is 0 Å². The van der Waals surface area contributed by atoms with Crippen molar-refractivity contribution in [3.05, 3.63) is 76.4 Å². The number of benzene rings is 3. The molecule has 0 radical (unpaired) electrons. The Balaban J connectivity index is 1.41. The molecular formula is C29H28ClN5O2S. The number of fused-ring (bicyclic) bond motifs is 2. The van der Waals surface area contributed by atoms with Gasteiger partial charge in [-0.25, -0.2) is 4.98 Å². The normalized spacial score (nSPS) is 16.5. The minimum absolute atomic E-state index is 0.0413. The van der Waals surface area contributed by atoms with Crippen LogP contribution < -0.4 is 4.90 Å². The number of nitrogens with zero attached hydrogens (tertiary/aromatic N) is 5.